The van der Waals surface area contributed by atoms with Crippen molar-refractivity contribution in [3.63, 3.8) is 0 Å². The topological polar surface area (TPSA) is 145 Å². The lowest BCUT2D eigenvalue weighted by atomic mass is 10.0. The van der Waals surface area contributed by atoms with Crippen LogP contribution in [0.3, 0.4) is 0 Å². The molecule has 10 nitrogen and oxygen atoms in total. The van der Waals surface area contributed by atoms with Crippen molar-refractivity contribution in [3.05, 3.63) is 98.8 Å². The second kappa shape index (κ2) is 13.8. The first-order valence-electron chi connectivity index (χ1n) is 12.9. The van der Waals surface area contributed by atoms with E-state index in [1.807, 2.05) is 30.3 Å². The van der Waals surface area contributed by atoms with Crippen LogP contribution in [0.25, 0.3) is 10.9 Å². The van der Waals surface area contributed by atoms with E-state index in [1.165, 1.54) is 25.3 Å². The van der Waals surface area contributed by atoms with Gasteiger partial charge in [0, 0.05) is 24.1 Å². The zero-order valence-electron chi connectivity index (χ0n) is 22.7. The summed E-state index contributed by atoms with van der Waals surface area (Å²) in [6, 6.07) is 18.5. The molecule has 0 bridgehead atoms. The molecule has 5 N–H and O–H groups in total. The number of hydrogen-bond donors (Lipinski definition) is 4. The fourth-order valence-electron chi connectivity index (χ4n) is 4.26. The normalized spacial score (nSPS) is 11.6. The van der Waals surface area contributed by atoms with Crippen molar-refractivity contribution in [1.29, 1.82) is 0 Å². The number of benzene rings is 3. The smallest absolute Gasteiger partial charge is 0.261 e. The Balaban J connectivity index is 1.57. The van der Waals surface area contributed by atoms with Gasteiger partial charge in [-0.3, -0.25) is 14.4 Å². The predicted octanol–water partition coefficient (Wildman–Crippen LogP) is 4.29. The van der Waals surface area contributed by atoms with Crippen LogP contribution in [0.4, 0.5) is 5.69 Å². The molecule has 0 spiro atoms. The second-order valence-corrected chi connectivity index (χ2v) is 9.51. The SMILES string of the molecule is COCCOc1cc2cc(C(=O)Nc3cc(C(=O)N[C@@H](CCN)c4ccccc4)ccc3Cl)c(=O)[nH]c2cc1OC. The first-order valence-corrected chi connectivity index (χ1v) is 13.3. The number of carbonyl (C=O) groups is 2. The second-order valence-electron chi connectivity index (χ2n) is 9.11. The summed E-state index contributed by atoms with van der Waals surface area (Å²) in [5, 5.41) is 6.39. The molecule has 4 aromatic rings. The van der Waals surface area contributed by atoms with E-state index in [1.54, 1.807) is 25.3 Å². The van der Waals surface area contributed by atoms with E-state index in [9.17, 15) is 14.4 Å². The molecular weight excluding hydrogens is 548 g/mol. The molecule has 0 aliphatic rings. The number of nitrogens with one attached hydrogen (secondary N) is 3. The average Bonchev–Trinajstić information content (AvgIpc) is 2.98. The lowest BCUT2D eigenvalue weighted by molar-refractivity contribution is 0.0934. The first-order chi connectivity index (χ1) is 19.8. The summed E-state index contributed by atoms with van der Waals surface area (Å²) in [6.45, 7) is 1.05. The summed E-state index contributed by atoms with van der Waals surface area (Å²) in [4.78, 5) is 41.8. The predicted molar refractivity (Wildman–Crippen MR) is 158 cm³/mol. The number of anilines is 1. The number of aromatic amines is 1. The number of methoxy groups -OCH3 is 2. The average molecular weight is 579 g/mol. The molecule has 0 fully saturated rings. The summed E-state index contributed by atoms with van der Waals surface area (Å²) < 4.78 is 16.1. The van der Waals surface area contributed by atoms with Gasteiger partial charge in [-0.1, -0.05) is 41.9 Å². The number of pyridine rings is 1. The largest absolute Gasteiger partial charge is 0.493 e. The summed E-state index contributed by atoms with van der Waals surface area (Å²) in [5.41, 5.74) is 6.85. The number of hydrogen-bond acceptors (Lipinski definition) is 7. The molecule has 4 rings (SSSR count). The maximum absolute atomic E-state index is 13.2. The Morgan fingerprint density at radius 3 is 2.46 bits per heavy atom. The third-order valence-corrected chi connectivity index (χ3v) is 6.69. The van der Waals surface area contributed by atoms with E-state index in [2.05, 4.69) is 15.6 Å². The van der Waals surface area contributed by atoms with Crippen LogP contribution in [0, 0.1) is 0 Å². The third kappa shape index (κ3) is 7.23. The van der Waals surface area contributed by atoms with Gasteiger partial charge in [0.1, 0.15) is 12.2 Å². The van der Waals surface area contributed by atoms with E-state index in [4.69, 9.17) is 31.5 Å². The number of carbonyl (C=O) groups excluding carboxylic acids is 2. The van der Waals surface area contributed by atoms with Gasteiger partial charge in [-0.25, -0.2) is 0 Å². The van der Waals surface area contributed by atoms with Crippen molar-refractivity contribution in [2.45, 2.75) is 12.5 Å². The third-order valence-electron chi connectivity index (χ3n) is 6.36. The molecule has 0 aliphatic carbocycles. The number of H-pyrrole nitrogens is 1. The number of ether oxygens (including phenoxy) is 3. The molecule has 1 aromatic heterocycles. The highest BCUT2D eigenvalue weighted by molar-refractivity contribution is 6.34. The lowest BCUT2D eigenvalue weighted by Crippen LogP contribution is -2.30. The molecule has 11 heteroatoms. The Bertz CT molecular complexity index is 1590. The van der Waals surface area contributed by atoms with Crippen molar-refractivity contribution in [1.82, 2.24) is 10.3 Å². The van der Waals surface area contributed by atoms with Crippen molar-refractivity contribution >= 4 is 40.0 Å². The Morgan fingerprint density at radius 1 is 0.976 bits per heavy atom. The fourth-order valence-corrected chi connectivity index (χ4v) is 4.42. The van der Waals surface area contributed by atoms with Crippen molar-refractivity contribution in [2.75, 3.05) is 39.3 Å². The molecule has 0 saturated carbocycles. The van der Waals surface area contributed by atoms with Crippen molar-refractivity contribution in [3.8, 4) is 11.5 Å². The molecule has 1 atom stereocenters. The summed E-state index contributed by atoms with van der Waals surface area (Å²) in [7, 11) is 3.05. The Morgan fingerprint density at radius 2 is 1.76 bits per heavy atom. The van der Waals surface area contributed by atoms with Crippen LogP contribution in [0.2, 0.25) is 5.02 Å². The van der Waals surface area contributed by atoms with Crippen molar-refractivity contribution < 1.29 is 23.8 Å². The van der Waals surface area contributed by atoms with Gasteiger partial charge in [-0.05, 0) is 48.9 Å². The molecule has 0 aliphatic heterocycles. The van der Waals surface area contributed by atoms with Crippen LogP contribution < -0.4 is 31.4 Å². The van der Waals surface area contributed by atoms with E-state index >= 15 is 0 Å². The van der Waals surface area contributed by atoms with E-state index in [-0.39, 0.29) is 40.4 Å². The van der Waals surface area contributed by atoms with Crippen LogP contribution in [-0.4, -0.2) is 50.8 Å². The molecule has 1 heterocycles. The number of rotatable bonds is 12. The lowest BCUT2D eigenvalue weighted by Gasteiger charge is -2.19. The number of halogens is 1. The molecular formula is C30H31ClN4O6. The van der Waals surface area contributed by atoms with Gasteiger partial charge < -0.3 is 35.6 Å². The number of aromatic nitrogens is 1. The minimum Gasteiger partial charge on any atom is -0.493 e. The standard InChI is InChI=1S/C30H31ClN4O6/c1-39-12-13-41-27-16-20-14-21(29(37)34-24(20)17-26(27)40-2)30(38)35-25-15-19(8-9-22(25)31)28(36)33-23(10-11-32)18-6-4-3-5-7-18/h3-9,14-17,23H,10-13,32H2,1-2H3,(H,33,36)(H,34,37)(H,35,38)/t23-/m0/s1. The molecule has 0 saturated heterocycles. The van der Waals surface area contributed by atoms with Crippen LogP contribution >= 0.6 is 11.6 Å². The van der Waals surface area contributed by atoms with Crippen LogP contribution in [0.1, 0.15) is 38.7 Å². The van der Waals surface area contributed by atoms with E-state index in [0.29, 0.717) is 42.0 Å². The zero-order chi connectivity index (χ0) is 29.4. The van der Waals surface area contributed by atoms with Gasteiger partial charge in [0.25, 0.3) is 17.4 Å². The van der Waals surface area contributed by atoms with Crippen LogP contribution in [0.15, 0.2) is 71.5 Å². The monoisotopic (exact) mass is 578 g/mol. The summed E-state index contributed by atoms with van der Waals surface area (Å²) in [5.74, 6) is -0.210. The minimum absolute atomic E-state index is 0.150. The molecule has 0 radical (unpaired) electrons. The highest BCUT2D eigenvalue weighted by atomic mass is 35.5. The van der Waals surface area contributed by atoms with Gasteiger partial charge in [-0.2, -0.15) is 0 Å². The number of nitrogens with two attached hydrogens (primary N) is 1. The van der Waals surface area contributed by atoms with E-state index in [0.717, 1.165) is 5.56 Å². The minimum atomic E-state index is -0.699. The van der Waals surface area contributed by atoms with Gasteiger partial charge in [0.2, 0.25) is 0 Å². The Labute approximate surface area is 241 Å². The van der Waals surface area contributed by atoms with E-state index < -0.39 is 11.5 Å². The van der Waals surface area contributed by atoms with Gasteiger partial charge in [0.15, 0.2) is 11.5 Å². The van der Waals surface area contributed by atoms with Crippen molar-refractivity contribution in [2.24, 2.45) is 5.73 Å². The summed E-state index contributed by atoms with van der Waals surface area (Å²) in [6.07, 6.45) is 0.544. The molecule has 41 heavy (non-hydrogen) atoms. The highest BCUT2D eigenvalue weighted by Gasteiger charge is 2.19. The zero-order valence-corrected chi connectivity index (χ0v) is 23.4. The first kappa shape index (κ1) is 29.6. The van der Waals surface area contributed by atoms with Crippen LogP contribution in [-0.2, 0) is 4.74 Å². The molecule has 3 aromatic carbocycles. The van der Waals surface area contributed by atoms with Crippen LogP contribution in [0.5, 0.6) is 11.5 Å². The van der Waals surface area contributed by atoms with Gasteiger partial charge in [-0.15, -0.1) is 0 Å². The molecule has 214 valence electrons. The highest BCUT2D eigenvalue weighted by Crippen LogP contribution is 2.32. The number of amides is 2. The number of fused-ring (bicyclic) bond motifs is 1. The van der Waals surface area contributed by atoms with Gasteiger partial charge in [0.05, 0.1) is 36.0 Å². The maximum Gasteiger partial charge on any atom is 0.261 e. The van der Waals surface area contributed by atoms with Gasteiger partial charge >= 0.3 is 0 Å². The fraction of sp³-hybridized carbons (Fsp3) is 0.233. The Kier molecular flexibility index (Phi) is 9.96. The molecule has 2 amide bonds. The summed E-state index contributed by atoms with van der Waals surface area (Å²) >= 11 is 6.34. The molecule has 0 unspecified atom stereocenters. The quantitative estimate of drug-likeness (QED) is 0.184. The Hall–Kier alpha value is -4.38. The maximum atomic E-state index is 13.2.